The topological polar surface area (TPSA) is 71.8 Å². The van der Waals surface area contributed by atoms with Crippen LogP contribution in [0.5, 0.6) is 0 Å². The predicted molar refractivity (Wildman–Crippen MR) is 102 cm³/mol. The molecule has 0 saturated carbocycles. The number of fused-ring (bicyclic) bond motifs is 1. The van der Waals surface area contributed by atoms with Gasteiger partial charge in [0, 0.05) is 11.1 Å². The molecule has 3 heterocycles. The number of hydrogen-bond donors (Lipinski definition) is 1. The molecule has 0 aliphatic rings. The Morgan fingerprint density at radius 1 is 0.923 bits per heavy atom. The summed E-state index contributed by atoms with van der Waals surface area (Å²) in [7, 11) is 0. The SMILES string of the molecule is Cc1ccc(-c2nnc3sc(-c4cc(-c5ccccc5)n[nH]4)nn23)cc1. The van der Waals surface area contributed by atoms with Gasteiger partial charge in [0.15, 0.2) is 10.8 Å². The lowest BCUT2D eigenvalue weighted by Gasteiger charge is -1.97. The zero-order chi connectivity index (χ0) is 17.5. The van der Waals surface area contributed by atoms with E-state index < -0.39 is 0 Å². The first kappa shape index (κ1) is 15.0. The van der Waals surface area contributed by atoms with Gasteiger partial charge in [0.1, 0.15) is 0 Å². The van der Waals surface area contributed by atoms with E-state index in [2.05, 4.69) is 44.5 Å². The zero-order valence-corrected chi connectivity index (χ0v) is 14.7. The van der Waals surface area contributed by atoms with Gasteiger partial charge in [0.05, 0.1) is 11.4 Å². The lowest BCUT2D eigenvalue weighted by Crippen LogP contribution is -1.91. The van der Waals surface area contributed by atoms with E-state index in [1.165, 1.54) is 16.9 Å². The monoisotopic (exact) mass is 358 g/mol. The molecule has 26 heavy (non-hydrogen) atoms. The van der Waals surface area contributed by atoms with Crippen molar-refractivity contribution in [2.45, 2.75) is 6.92 Å². The standard InChI is InChI=1S/C19H14N6S/c1-12-7-9-14(10-8-12)17-22-23-19-25(17)24-18(26-19)16-11-15(20-21-16)13-5-3-2-4-6-13/h2-11H,1H3,(H,20,21). The second-order valence-electron chi connectivity index (χ2n) is 6.02. The van der Waals surface area contributed by atoms with Gasteiger partial charge in [-0.25, -0.2) is 0 Å². The summed E-state index contributed by atoms with van der Waals surface area (Å²) >= 11 is 1.48. The summed E-state index contributed by atoms with van der Waals surface area (Å²) in [5, 5.41) is 21.5. The minimum absolute atomic E-state index is 0.741. The molecule has 126 valence electrons. The summed E-state index contributed by atoms with van der Waals surface area (Å²) in [5.74, 6) is 0.741. The first-order valence-electron chi connectivity index (χ1n) is 8.18. The highest BCUT2D eigenvalue weighted by atomic mass is 32.1. The van der Waals surface area contributed by atoms with Crippen LogP contribution in [0, 0.1) is 6.92 Å². The molecule has 5 rings (SSSR count). The molecule has 0 saturated heterocycles. The van der Waals surface area contributed by atoms with Gasteiger partial charge in [-0.15, -0.1) is 10.2 Å². The number of aromatic amines is 1. The van der Waals surface area contributed by atoms with Crippen molar-refractivity contribution >= 4 is 16.3 Å². The molecule has 2 aromatic carbocycles. The molecular weight excluding hydrogens is 344 g/mol. The van der Waals surface area contributed by atoms with Crippen LogP contribution in [-0.4, -0.2) is 30.0 Å². The Kier molecular flexibility index (Phi) is 3.39. The summed E-state index contributed by atoms with van der Waals surface area (Å²) in [6.07, 6.45) is 0. The minimum Gasteiger partial charge on any atom is -0.275 e. The van der Waals surface area contributed by atoms with Crippen LogP contribution in [0.25, 0.3) is 38.3 Å². The summed E-state index contributed by atoms with van der Waals surface area (Å²) < 4.78 is 1.79. The molecule has 0 atom stereocenters. The summed E-state index contributed by atoms with van der Waals surface area (Å²) in [4.78, 5) is 0.756. The number of hydrogen-bond acceptors (Lipinski definition) is 5. The van der Waals surface area contributed by atoms with Crippen molar-refractivity contribution in [1.82, 2.24) is 30.0 Å². The lowest BCUT2D eigenvalue weighted by molar-refractivity contribution is 0.963. The van der Waals surface area contributed by atoms with Gasteiger partial charge in [-0.2, -0.15) is 14.7 Å². The Labute approximate surface area is 153 Å². The van der Waals surface area contributed by atoms with Crippen molar-refractivity contribution in [1.29, 1.82) is 0 Å². The number of aromatic nitrogens is 6. The fourth-order valence-electron chi connectivity index (χ4n) is 2.80. The molecule has 0 amide bonds. The fraction of sp³-hybridized carbons (Fsp3) is 0.0526. The van der Waals surface area contributed by atoms with Crippen molar-refractivity contribution < 1.29 is 0 Å². The molecule has 0 radical (unpaired) electrons. The van der Waals surface area contributed by atoms with Crippen molar-refractivity contribution in [3.05, 3.63) is 66.2 Å². The third kappa shape index (κ3) is 2.49. The highest BCUT2D eigenvalue weighted by molar-refractivity contribution is 7.19. The van der Waals surface area contributed by atoms with Crippen LogP contribution in [0.4, 0.5) is 0 Å². The molecule has 6 nitrogen and oxygen atoms in total. The second-order valence-corrected chi connectivity index (χ2v) is 6.98. The molecule has 0 aliphatic heterocycles. The first-order valence-corrected chi connectivity index (χ1v) is 9.00. The maximum absolute atomic E-state index is 4.69. The molecule has 0 spiro atoms. The van der Waals surface area contributed by atoms with Gasteiger partial charge in [-0.3, -0.25) is 5.10 Å². The largest absolute Gasteiger partial charge is 0.275 e. The Bertz CT molecular complexity index is 1180. The summed E-state index contributed by atoms with van der Waals surface area (Å²) in [5.41, 5.74) is 5.03. The number of aryl methyl sites for hydroxylation is 1. The Morgan fingerprint density at radius 2 is 1.73 bits per heavy atom. The smallest absolute Gasteiger partial charge is 0.235 e. The van der Waals surface area contributed by atoms with Crippen LogP contribution >= 0.6 is 11.3 Å². The molecule has 0 unspecified atom stereocenters. The Hall–Kier alpha value is -3.32. The van der Waals surface area contributed by atoms with Crippen LogP contribution < -0.4 is 0 Å². The molecule has 5 aromatic rings. The van der Waals surface area contributed by atoms with Gasteiger partial charge in [0.25, 0.3) is 0 Å². The molecule has 0 fully saturated rings. The van der Waals surface area contributed by atoms with Gasteiger partial charge in [-0.1, -0.05) is 71.5 Å². The zero-order valence-electron chi connectivity index (χ0n) is 13.9. The number of rotatable bonds is 3. The average Bonchev–Trinajstić information content (AvgIpc) is 3.38. The maximum Gasteiger partial charge on any atom is 0.235 e. The van der Waals surface area contributed by atoms with E-state index in [0.29, 0.717) is 0 Å². The van der Waals surface area contributed by atoms with Gasteiger partial charge in [0.2, 0.25) is 4.96 Å². The van der Waals surface area contributed by atoms with Crippen molar-refractivity contribution in [2.75, 3.05) is 0 Å². The van der Waals surface area contributed by atoms with Crippen LogP contribution in [0.2, 0.25) is 0 Å². The number of nitrogens with zero attached hydrogens (tertiary/aromatic N) is 5. The number of nitrogens with one attached hydrogen (secondary N) is 1. The van der Waals surface area contributed by atoms with Crippen molar-refractivity contribution in [3.63, 3.8) is 0 Å². The maximum atomic E-state index is 4.69. The first-order chi connectivity index (χ1) is 12.8. The highest BCUT2D eigenvalue weighted by Gasteiger charge is 2.16. The third-order valence-electron chi connectivity index (χ3n) is 4.18. The fourth-order valence-corrected chi connectivity index (χ4v) is 3.60. The van der Waals surface area contributed by atoms with Crippen molar-refractivity contribution in [2.24, 2.45) is 0 Å². The van der Waals surface area contributed by atoms with Crippen LogP contribution in [0.3, 0.4) is 0 Å². The van der Waals surface area contributed by atoms with E-state index in [1.807, 2.05) is 48.5 Å². The molecule has 0 aliphatic carbocycles. The lowest BCUT2D eigenvalue weighted by atomic mass is 10.1. The molecule has 7 heteroatoms. The Balaban J connectivity index is 1.55. The van der Waals surface area contributed by atoms with E-state index in [9.17, 15) is 0 Å². The van der Waals surface area contributed by atoms with E-state index >= 15 is 0 Å². The van der Waals surface area contributed by atoms with E-state index in [-0.39, 0.29) is 0 Å². The normalized spacial score (nSPS) is 11.3. The van der Waals surface area contributed by atoms with Crippen LogP contribution in [0.15, 0.2) is 60.7 Å². The molecular formula is C19H14N6S. The van der Waals surface area contributed by atoms with E-state index in [0.717, 1.165) is 38.3 Å². The minimum atomic E-state index is 0.741. The molecule has 1 N–H and O–H groups in total. The summed E-state index contributed by atoms with van der Waals surface area (Å²) in [6.45, 7) is 2.06. The molecule has 3 aromatic heterocycles. The predicted octanol–water partition coefficient (Wildman–Crippen LogP) is 4.22. The number of H-pyrrole nitrogens is 1. The summed E-state index contributed by atoms with van der Waals surface area (Å²) in [6, 6.07) is 20.3. The van der Waals surface area contributed by atoms with E-state index in [4.69, 9.17) is 0 Å². The second kappa shape index (κ2) is 5.89. The highest BCUT2D eigenvalue weighted by Crippen LogP contribution is 2.29. The van der Waals surface area contributed by atoms with Crippen molar-refractivity contribution in [3.8, 4) is 33.3 Å². The average molecular weight is 358 g/mol. The van der Waals surface area contributed by atoms with Gasteiger partial charge < -0.3 is 0 Å². The van der Waals surface area contributed by atoms with Gasteiger partial charge in [-0.05, 0) is 13.0 Å². The van der Waals surface area contributed by atoms with Crippen LogP contribution in [0.1, 0.15) is 5.56 Å². The van der Waals surface area contributed by atoms with Gasteiger partial charge >= 0.3 is 0 Å². The molecule has 0 bridgehead atoms. The quantitative estimate of drug-likeness (QED) is 0.524. The third-order valence-corrected chi connectivity index (χ3v) is 5.11. The Morgan fingerprint density at radius 3 is 2.54 bits per heavy atom. The van der Waals surface area contributed by atoms with Crippen LogP contribution in [-0.2, 0) is 0 Å². The van der Waals surface area contributed by atoms with E-state index in [1.54, 1.807) is 4.52 Å². The number of benzene rings is 2.